The third-order valence-electron chi connectivity index (χ3n) is 4.72. The quantitative estimate of drug-likeness (QED) is 0.454. The van der Waals surface area contributed by atoms with E-state index in [0.717, 1.165) is 0 Å². The van der Waals surface area contributed by atoms with Crippen LogP contribution in [0.1, 0.15) is 38.1 Å². The topological polar surface area (TPSA) is 110 Å². The van der Waals surface area contributed by atoms with Crippen molar-refractivity contribution in [2.75, 3.05) is 19.4 Å². The lowest BCUT2D eigenvalue weighted by Crippen LogP contribution is -2.45. The summed E-state index contributed by atoms with van der Waals surface area (Å²) in [6.45, 7) is 7.12. The molecule has 1 aromatic rings. The monoisotopic (exact) mass is 444 g/mol. The zero-order chi connectivity index (χ0) is 21.9. The highest BCUT2D eigenvalue weighted by atomic mass is 31.2. The molecule has 2 heterocycles. The highest BCUT2D eigenvalue weighted by molar-refractivity contribution is 7.53. The first-order valence-electron chi connectivity index (χ1n) is 10.0. The number of esters is 1. The van der Waals surface area contributed by atoms with E-state index < -0.39 is 50.1 Å². The molecule has 0 radical (unpaired) electrons. The summed E-state index contributed by atoms with van der Waals surface area (Å²) in [5.41, 5.74) is 0.349. The fourth-order valence-corrected chi connectivity index (χ4v) is 5.32. The molecule has 0 bridgehead atoms. The van der Waals surface area contributed by atoms with Crippen molar-refractivity contribution in [3.05, 3.63) is 35.9 Å². The van der Waals surface area contributed by atoms with E-state index in [9.17, 15) is 14.5 Å². The number of carbonyl (C=O) groups is 1. The molecule has 2 aliphatic rings. The smallest absolute Gasteiger partial charge is 0.338 e. The number of aliphatic hydroxyl groups is 1. The molecule has 3 rings (SSSR count). The Kier molecular flexibility index (Phi) is 7.35. The van der Waals surface area contributed by atoms with Crippen LogP contribution >= 0.6 is 7.60 Å². The van der Waals surface area contributed by atoms with Crippen LogP contribution in [0.3, 0.4) is 0 Å². The van der Waals surface area contributed by atoms with E-state index in [2.05, 4.69) is 0 Å². The van der Waals surface area contributed by atoms with Gasteiger partial charge in [-0.1, -0.05) is 18.2 Å². The van der Waals surface area contributed by atoms with Gasteiger partial charge in [-0.2, -0.15) is 0 Å². The van der Waals surface area contributed by atoms with Gasteiger partial charge in [0.1, 0.15) is 6.10 Å². The van der Waals surface area contributed by atoms with E-state index in [1.54, 1.807) is 58.0 Å². The molecule has 0 aliphatic carbocycles. The standard InChI is InChI=1S/C20H29O9P/c1-5-24-30(23,25-6-2)12-14(21)15-16(17-19(27-15)29-20(3,4)28-17)26-18(22)13-10-8-7-9-11-13/h7-11,14-17,19,21H,5-6,12H2,1-4H3/t14-,15-,16-,17-,19-/m1/s1. The molecule has 9 nitrogen and oxygen atoms in total. The normalized spacial score (nSPS) is 28.8. The van der Waals surface area contributed by atoms with E-state index in [4.69, 9.17) is 28.0 Å². The van der Waals surface area contributed by atoms with Crippen LogP contribution in [-0.2, 0) is 32.6 Å². The molecule has 1 N–H and O–H groups in total. The van der Waals surface area contributed by atoms with Gasteiger partial charge in [0, 0.05) is 0 Å². The van der Waals surface area contributed by atoms with Crippen LogP contribution in [0, 0.1) is 0 Å². The van der Waals surface area contributed by atoms with E-state index in [-0.39, 0.29) is 19.4 Å². The molecule has 0 amide bonds. The van der Waals surface area contributed by atoms with Gasteiger partial charge in [0.05, 0.1) is 31.0 Å². The molecule has 0 aromatic heterocycles. The largest absolute Gasteiger partial charge is 0.453 e. The lowest BCUT2D eigenvalue weighted by Gasteiger charge is -2.29. The van der Waals surface area contributed by atoms with E-state index >= 15 is 0 Å². The van der Waals surface area contributed by atoms with Crippen molar-refractivity contribution in [1.29, 1.82) is 0 Å². The number of fused-ring (bicyclic) bond motifs is 1. The highest BCUT2D eigenvalue weighted by Crippen LogP contribution is 2.50. The minimum absolute atomic E-state index is 0.160. The second-order valence-electron chi connectivity index (χ2n) is 7.50. The molecule has 30 heavy (non-hydrogen) atoms. The molecule has 1 aromatic carbocycles. The van der Waals surface area contributed by atoms with Crippen molar-refractivity contribution in [3.8, 4) is 0 Å². The van der Waals surface area contributed by atoms with Crippen molar-refractivity contribution < 1.29 is 42.5 Å². The second kappa shape index (κ2) is 9.44. The molecule has 0 spiro atoms. The van der Waals surface area contributed by atoms with Gasteiger partial charge in [-0.15, -0.1) is 0 Å². The summed E-state index contributed by atoms with van der Waals surface area (Å²) in [5.74, 6) is -1.53. The fraction of sp³-hybridized carbons (Fsp3) is 0.650. The number of aliphatic hydroxyl groups excluding tert-OH is 1. The minimum atomic E-state index is -3.55. The summed E-state index contributed by atoms with van der Waals surface area (Å²) in [4.78, 5) is 12.6. The third-order valence-corrected chi connectivity index (χ3v) is 6.85. The van der Waals surface area contributed by atoms with Crippen LogP contribution in [0.15, 0.2) is 30.3 Å². The minimum Gasteiger partial charge on any atom is -0.453 e. The molecule has 10 heteroatoms. The lowest BCUT2D eigenvalue weighted by molar-refractivity contribution is -0.224. The maximum absolute atomic E-state index is 12.9. The molecular weight excluding hydrogens is 415 g/mol. The van der Waals surface area contributed by atoms with E-state index in [0.29, 0.717) is 5.56 Å². The van der Waals surface area contributed by atoms with Gasteiger partial charge in [-0.05, 0) is 39.8 Å². The van der Waals surface area contributed by atoms with Gasteiger partial charge < -0.3 is 33.1 Å². The van der Waals surface area contributed by atoms with E-state index in [1.807, 2.05) is 0 Å². The zero-order valence-corrected chi connectivity index (χ0v) is 18.4. The number of hydrogen-bond acceptors (Lipinski definition) is 9. The van der Waals surface area contributed by atoms with Gasteiger partial charge in [0.2, 0.25) is 0 Å². The van der Waals surface area contributed by atoms with Crippen LogP contribution in [-0.4, -0.2) is 66.9 Å². The maximum Gasteiger partial charge on any atom is 0.338 e. The Morgan fingerprint density at radius 1 is 1.17 bits per heavy atom. The molecular formula is C20H29O9P. The number of ether oxygens (including phenoxy) is 4. The Morgan fingerprint density at radius 3 is 2.40 bits per heavy atom. The Hall–Kier alpha value is -1.32. The molecule has 0 saturated carbocycles. The number of hydrogen-bond donors (Lipinski definition) is 1. The molecule has 168 valence electrons. The Morgan fingerprint density at radius 2 is 1.80 bits per heavy atom. The summed E-state index contributed by atoms with van der Waals surface area (Å²) in [5, 5.41) is 10.8. The second-order valence-corrected chi connectivity index (χ2v) is 9.60. The Labute approximate surface area is 176 Å². The number of benzene rings is 1. The van der Waals surface area contributed by atoms with Crippen LogP contribution in [0.25, 0.3) is 0 Å². The Bertz CT molecular complexity index is 759. The van der Waals surface area contributed by atoms with E-state index in [1.165, 1.54) is 0 Å². The highest BCUT2D eigenvalue weighted by Gasteiger charge is 2.58. The first-order chi connectivity index (χ1) is 14.2. The summed E-state index contributed by atoms with van der Waals surface area (Å²) in [6.07, 6.45) is -5.21. The van der Waals surface area contributed by atoms with Crippen molar-refractivity contribution in [2.24, 2.45) is 0 Å². The van der Waals surface area contributed by atoms with Gasteiger partial charge in [0.25, 0.3) is 0 Å². The molecule has 2 aliphatic heterocycles. The number of carbonyl (C=O) groups excluding carboxylic acids is 1. The maximum atomic E-state index is 12.9. The first-order valence-corrected chi connectivity index (χ1v) is 11.7. The van der Waals surface area contributed by atoms with Crippen LogP contribution in [0.5, 0.6) is 0 Å². The number of rotatable bonds is 9. The molecule has 2 fully saturated rings. The van der Waals surface area contributed by atoms with Gasteiger partial charge in [0.15, 0.2) is 24.3 Å². The van der Waals surface area contributed by atoms with Gasteiger partial charge in [-0.3, -0.25) is 4.57 Å². The molecule has 5 atom stereocenters. The average molecular weight is 444 g/mol. The third kappa shape index (κ3) is 5.29. The van der Waals surface area contributed by atoms with Crippen LogP contribution in [0.4, 0.5) is 0 Å². The first kappa shape index (κ1) is 23.3. The fourth-order valence-electron chi connectivity index (χ4n) is 3.58. The zero-order valence-electron chi connectivity index (χ0n) is 17.6. The summed E-state index contributed by atoms with van der Waals surface area (Å²) in [7, 11) is -3.55. The summed E-state index contributed by atoms with van der Waals surface area (Å²) in [6, 6.07) is 8.46. The SMILES string of the molecule is CCOP(=O)(C[C@@H](O)[C@H]1O[C@@H]2OC(C)(C)O[C@@H]2[C@@H]1OC(=O)c1ccccc1)OCC. The molecule has 0 unspecified atom stereocenters. The van der Waals surface area contributed by atoms with Crippen molar-refractivity contribution >= 4 is 13.6 Å². The predicted octanol–water partition coefficient (Wildman–Crippen LogP) is 2.72. The summed E-state index contributed by atoms with van der Waals surface area (Å²) >= 11 is 0. The van der Waals surface area contributed by atoms with Crippen molar-refractivity contribution in [2.45, 2.75) is 64.2 Å². The van der Waals surface area contributed by atoms with Crippen LogP contribution in [0.2, 0.25) is 0 Å². The molecule has 2 saturated heterocycles. The van der Waals surface area contributed by atoms with Crippen molar-refractivity contribution in [1.82, 2.24) is 0 Å². The average Bonchev–Trinajstić information content (AvgIpc) is 3.15. The Balaban J connectivity index is 1.79. The van der Waals surface area contributed by atoms with Gasteiger partial charge in [-0.25, -0.2) is 4.79 Å². The van der Waals surface area contributed by atoms with Crippen molar-refractivity contribution in [3.63, 3.8) is 0 Å². The lowest BCUT2D eigenvalue weighted by atomic mass is 10.1. The van der Waals surface area contributed by atoms with Gasteiger partial charge >= 0.3 is 13.6 Å². The predicted molar refractivity (Wildman–Crippen MR) is 106 cm³/mol. The van der Waals surface area contributed by atoms with Crippen LogP contribution < -0.4 is 0 Å². The summed E-state index contributed by atoms with van der Waals surface area (Å²) < 4.78 is 46.4.